The van der Waals surface area contributed by atoms with Gasteiger partial charge in [0.05, 0.1) is 0 Å². The average molecular weight is 158 g/mol. The second-order valence-corrected chi connectivity index (χ2v) is 2.51. The predicted octanol–water partition coefficient (Wildman–Crippen LogP) is -1.59. The average Bonchev–Trinajstić information content (AvgIpc) is 1.59. The van der Waals surface area contributed by atoms with Crippen LogP contribution in [0.5, 0.6) is 0 Å². The first-order valence-corrected chi connectivity index (χ1v) is 3.51. The number of aliphatic hydroxyl groups is 2. The van der Waals surface area contributed by atoms with Crippen molar-refractivity contribution in [1.29, 1.82) is 0 Å². The van der Waals surface area contributed by atoms with Crippen LogP contribution in [0.3, 0.4) is 0 Å². The molecule has 7 heteroatoms. The Morgan fingerprint density at radius 2 is 1.89 bits per heavy atom. The van der Waals surface area contributed by atoms with Crippen LogP contribution in [0.15, 0.2) is 0 Å². The van der Waals surface area contributed by atoms with Gasteiger partial charge in [0, 0.05) is 0 Å². The zero-order valence-electron chi connectivity index (χ0n) is 4.34. The number of phosphoric acid groups is 1. The summed E-state index contributed by atoms with van der Waals surface area (Å²) in [5, 5.41) is 16.0. The third-order valence-corrected chi connectivity index (χ3v) is 0.877. The van der Waals surface area contributed by atoms with Crippen LogP contribution in [0.25, 0.3) is 0 Å². The molecule has 0 atom stereocenters. The molecule has 0 unspecified atom stereocenters. The van der Waals surface area contributed by atoms with E-state index in [2.05, 4.69) is 4.52 Å². The molecule has 0 aliphatic rings. The van der Waals surface area contributed by atoms with Crippen molar-refractivity contribution in [2.75, 3.05) is 6.61 Å². The van der Waals surface area contributed by atoms with E-state index in [-0.39, 0.29) is 0 Å². The first kappa shape index (κ1) is 9.03. The topological polar surface area (TPSA) is 107 Å². The van der Waals surface area contributed by atoms with Crippen molar-refractivity contribution in [2.45, 2.75) is 6.29 Å². The molecule has 0 aromatic heterocycles. The summed E-state index contributed by atoms with van der Waals surface area (Å²) in [5.41, 5.74) is 0. The summed E-state index contributed by atoms with van der Waals surface area (Å²) in [5.74, 6) is 0. The van der Waals surface area contributed by atoms with Crippen molar-refractivity contribution in [1.82, 2.24) is 0 Å². The second kappa shape index (κ2) is 3.26. The van der Waals surface area contributed by atoms with E-state index in [9.17, 15) is 4.57 Å². The van der Waals surface area contributed by atoms with Gasteiger partial charge in [0.2, 0.25) is 0 Å². The van der Waals surface area contributed by atoms with Gasteiger partial charge in [-0.15, -0.1) is 0 Å². The zero-order valence-corrected chi connectivity index (χ0v) is 5.23. The molecule has 0 bridgehead atoms. The van der Waals surface area contributed by atoms with Gasteiger partial charge in [-0.05, 0) is 0 Å². The highest BCUT2D eigenvalue weighted by molar-refractivity contribution is 7.46. The van der Waals surface area contributed by atoms with Crippen LogP contribution >= 0.6 is 7.82 Å². The van der Waals surface area contributed by atoms with Gasteiger partial charge in [-0.1, -0.05) is 0 Å². The molecule has 0 saturated carbocycles. The van der Waals surface area contributed by atoms with Crippen molar-refractivity contribution in [2.24, 2.45) is 0 Å². The monoisotopic (exact) mass is 158 g/mol. The maximum absolute atomic E-state index is 9.79. The van der Waals surface area contributed by atoms with Gasteiger partial charge >= 0.3 is 7.82 Å². The van der Waals surface area contributed by atoms with E-state index in [0.29, 0.717) is 0 Å². The van der Waals surface area contributed by atoms with E-state index in [1.54, 1.807) is 0 Å². The number of hydrogen-bond donors (Lipinski definition) is 4. The minimum atomic E-state index is -4.54. The quantitative estimate of drug-likeness (QED) is 0.291. The second-order valence-electron chi connectivity index (χ2n) is 1.27. The molecule has 0 fully saturated rings. The Bertz CT molecular complexity index is 114. The lowest BCUT2D eigenvalue weighted by atomic mass is 10.7. The Balaban J connectivity index is 3.40. The van der Waals surface area contributed by atoms with E-state index in [1.807, 2.05) is 0 Å². The fourth-order valence-corrected chi connectivity index (χ4v) is 0.491. The number of phosphoric ester groups is 1. The summed E-state index contributed by atoms with van der Waals surface area (Å²) in [6.45, 7) is -0.787. The molecule has 6 nitrogen and oxygen atoms in total. The normalized spacial score (nSPS) is 12.6. The highest BCUT2D eigenvalue weighted by atomic mass is 31.2. The molecule has 0 spiro atoms. The molecule has 0 aliphatic carbocycles. The van der Waals surface area contributed by atoms with Gasteiger partial charge in [-0.2, -0.15) is 0 Å². The third kappa shape index (κ3) is 8.03. The molecule has 0 rings (SSSR count). The SMILES string of the molecule is O=P(O)(O)OCC(O)O. The Morgan fingerprint density at radius 3 is 2.00 bits per heavy atom. The maximum Gasteiger partial charge on any atom is 0.469 e. The van der Waals surface area contributed by atoms with Gasteiger partial charge in [0.1, 0.15) is 6.61 Å². The van der Waals surface area contributed by atoms with Gasteiger partial charge in [0.25, 0.3) is 0 Å². The fourth-order valence-electron chi connectivity index (χ4n) is 0.164. The summed E-state index contributed by atoms with van der Waals surface area (Å²) < 4.78 is 13.4. The first-order chi connectivity index (χ1) is 3.92. The van der Waals surface area contributed by atoms with E-state index < -0.39 is 20.7 Å². The van der Waals surface area contributed by atoms with Gasteiger partial charge in [0.15, 0.2) is 6.29 Å². The molecule has 0 radical (unpaired) electrons. The molecule has 0 heterocycles. The molecule has 0 aromatic rings. The van der Waals surface area contributed by atoms with Crippen molar-refractivity contribution >= 4 is 7.82 Å². The van der Waals surface area contributed by atoms with E-state index in [1.165, 1.54) is 0 Å². The Morgan fingerprint density at radius 1 is 1.44 bits per heavy atom. The summed E-state index contributed by atoms with van der Waals surface area (Å²) in [6, 6.07) is 0. The van der Waals surface area contributed by atoms with Crippen molar-refractivity contribution in [3.05, 3.63) is 0 Å². The van der Waals surface area contributed by atoms with E-state index >= 15 is 0 Å². The first-order valence-electron chi connectivity index (χ1n) is 1.98. The lowest BCUT2D eigenvalue weighted by Crippen LogP contribution is -2.12. The third-order valence-electron chi connectivity index (χ3n) is 0.392. The highest BCUT2D eigenvalue weighted by Crippen LogP contribution is 2.35. The van der Waals surface area contributed by atoms with E-state index in [0.717, 1.165) is 0 Å². The molecule has 0 aromatic carbocycles. The molecule has 9 heavy (non-hydrogen) atoms. The Kier molecular flexibility index (Phi) is 3.27. The van der Waals surface area contributed by atoms with Crippen LogP contribution in [0, 0.1) is 0 Å². The fraction of sp³-hybridized carbons (Fsp3) is 1.00. The van der Waals surface area contributed by atoms with E-state index in [4.69, 9.17) is 20.0 Å². The van der Waals surface area contributed by atoms with Crippen molar-refractivity contribution in [3.8, 4) is 0 Å². The molecular formula is C2H7O6P. The highest BCUT2D eigenvalue weighted by Gasteiger charge is 2.14. The van der Waals surface area contributed by atoms with Gasteiger partial charge < -0.3 is 20.0 Å². The molecule has 56 valence electrons. The lowest BCUT2D eigenvalue weighted by molar-refractivity contribution is -0.0731. The molecule has 4 N–H and O–H groups in total. The zero-order chi connectivity index (χ0) is 7.49. The minimum absolute atomic E-state index is 0.787. The number of rotatable bonds is 3. The van der Waals surface area contributed by atoms with Crippen LogP contribution < -0.4 is 0 Å². The van der Waals surface area contributed by atoms with Crippen LogP contribution in [-0.4, -0.2) is 32.9 Å². The van der Waals surface area contributed by atoms with Gasteiger partial charge in [-0.3, -0.25) is 4.52 Å². The lowest BCUT2D eigenvalue weighted by Gasteiger charge is -2.04. The van der Waals surface area contributed by atoms with Crippen LogP contribution in [0.2, 0.25) is 0 Å². The molecule has 0 saturated heterocycles. The molecule has 0 amide bonds. The molecular weight excluding hydrogens is 151 g/mol. The largest absolute Gasteiger partial charge is 0.469 e. The van der Waals surface area contributed by atoms with Crippen LogP contribution in [-0.2, 0) is 9.09 Å². The minimum Gasteiger partial charge on any atom is -0.366 e. The predicted molar refractivity (Wildman–Crippen MR) is 26.2 cm³/mol. The summed E-state index contributed by atoms with van der Waals surface area (Å²) in [7, 11) is -4.54. The Hall–Kier alpha value is 0.0300. The summed E-state index contributed by atoms with van der Waals surface area (Å²) >= 11 is 0. The van der Waals surface area contributed by atoms with Crippen molar-refractivity contribution < 1.29 is 29.1 Å². The smallest absolute Gasteiger partial charge is 0.366 e. The molecule has 0 aliphatic heterocycles. The van der Waals surface area contributed by atoms with Crippen LogP contribution in [0.1, 0.15) is 0 Å². The number of aliphatic hydroxyl groups excluding tert-OH is 1. The summed E-state index contributed by atoms with van der Waals surface area (Å²) in [6.07, 6.45) is -1.85. The number of hydrogen-bond acceptors (Lipinski definition) is 4. The Labute approximate surface area is 50.9 Å². The van der Waals surface area contributed by atoms with Crippen molar-refractivity contribution in [3.63, 3.8) is 0 Å². The van der Waals surface area contributed by atoms with Gasteiger partial charge in [-0.25, -0.2) is 4.57 Å². The standard InChI is InChI=1S/C2H7O6P/c3-2(4)1-8-9(5,6)7/h2-4H,1H2,(H2,5,6,7). The maximum atomic E-state index is 9.79. The summed E-state index contributed by atoms with van der Waals surface area (Å²) in [4.78, 5) is 15.9. The van der Waals surface area contributed by atoms with Crippen LogP contribution in [0.4, 0.5) is 0 Å².